The van der Waals surface area contributed by atoms with E-state index >= 15 is 0 Å². The predicted octanol–water partition coefficient (Wildman–Crippen LogP) is 3.70. The first-order valence-corrected chi connectivity index (χ1v) is 7.02. The minimum absolute atomic E-state index is 0.128. The highest BCUT2D eigenvalue weighted by molar-refractivity contribution is 5.54. The van der Waals surface area contributed by atoms with Gasteiger partial charge in [-0.05, 0) is 29.9 Å². The van der Waals surface area contributed by atoms with Crippen LogP contribution in [-0.2, 0) is 5.41 Å². The Kier molecular flexibility index (Phi) is 3.96. The standard InChI is InChI=1S/C16H25NO/c1-16(2,3)12-8-4-5-9-13(12)17-14-10-6-7-11-15(14)18/h4-5,8-9,14-15,17-18H,6-7,10-11H2,1-3H3/t14-,15-/m1/s1. The van der Waals surface area contributed by atoms with Gasteiger partial charge in [-0.2, -0.15) is 0 Å². The lowest BCUT2D eigenvalue weighted by molar-refractivity contribution is 0.116. The highest BCUT2D eigenvalue weighted by Crippen LogP contribution is 2.31. The number of aliphatic hydroxyl groups is 1. The lowest BCUT2D eigenvalue weighted by Crippen LogP contribution is -2.37. The van der Waals surface area contributed by atoms with Crippen molar-refractivity contribution < 1.29 is 5.11 Å². The molecule has 2 atom stereocenters. The zero-order valence-electron chi connectivity index (χ0n) is 11.7. The van der Waals surface area contributed by atoms with Gasteiger partial charge in [0, 0.05) is 5.69 Å². The molecule has 1 aromatic rings. The Hall–Kier alpha value is -1.02. The number of hydrogen-bond acceptors (Lipinski definition) is 2. The van der Waals surface area contributed by atoms with Crippen LogP contribution < -0.4 is 5.32 Å². The van der Waals surface area contributed by atoms with Gasteiger partial charge in [0.2, 0.25) is 0 Å². The summed E-state index contributed by atoms with van der Waals surface area (Å²) in [6.45, 7) is 6.68. The summed E-state index contributed by atoms with van der Waals surface area (Å²) >= 11 is 0. The van der Waals surface area contributed by atoms with Crippen LogP contribution >= 0.6 is 0 Å². The Balaban J connectivity index is 2.18. The number of benzene rings is 1. The maximum Gasteiger partial charge on any atom is 0.0741 e. The van der Waals surface area contributed by atoms with Crippen molar-refractivity contribution in [2.75, 3.05) is 5.32 Å². The van der Waals surface area contributed by atoms with Gasteiger partial charge in [-0.25, -0.2) is 0 Å². The predicted molar refractivity (Wildman–Crippen MR) is 77.0 cm³/mol. The van der Waals surface area contributed by atoms with E-state index in [9.17, 15) is 5.11 Å². The highest BCUT2D eigenvalue weighted by atomic mass is 16.3. The Labute approximate surface area is 110 Å². The molecule has 2 N–H and O–H groups in total. The summed E-state index contributed by atoms with van der Waals surface area (Å²) in [5.74, 6) is 0. The average molecular weight is 247 g/mol. The molecule has 0 radical (unpaired) electrons. The van der Waals surface area contributed by atoms with Gasteiger partial charge in [0.25, 0.3) is 0 Å². The van der Waals surface area contributed by atoms with Crippen LogP contribution in [0.25, 0.3) is 0 Å². The van der Waals surface area contributed by atoms with Gasteiger partial charge in [-0.15, -0.1) is 0 Å². The van der Waals surface area contributed by atoms with E-state index in [0.29, 0.717) is 0 Å². The zero-order chi connectivity index (χ0) is 13.2. The Bertz CT molecular complexity index is 394. The van der Waals surface area contributed by atoms with Crippen LogP contribution in [0.2, 0.25) is 0 Å². The van der Waals surface area contributed by atoms with Crippen LogP contribution in [0.4, 0.5) is 5.69 Å². The smallest absolute Gasteiger partial charge is 0.0741 e. The summed E-state index contributed by atoms with van der Waals surface area (Å²) < 4.78 is 0. The lowest BCUT2D eigenvalue weighted by Gasteiger charge is -2.32. The maximum absolute atomic E-state index is 10.1. The van der Waals surface area contributed by atoms with Crippen LogP contribution in [0.3, 0.4) is 0 Å². The first-order valence-electron chi connectivity index (χ1n) is 7.02. The van der Waals surface area contributed by atoms with Crippen molar-refractivity contribution in [3.05, 3.63) is 29.8 Å². The molecular formula is C16H25NO. The van der Waals surface area contributed by atoms with Crippen molar-refractivity contribution >= 4 is 5.69 Å². The Morgan fingerprint density at radius 1 is 1.11 bits per heavy atom. The van der Waals surface area contributed by atoms with Crippen molar-refractivity contribution in [2.45, 2.75) is 64.0 Å². The number of para-hydroxylation sites is 1. The van der Waals surface area contributed by atoms with E-state index in [-0.39, 0.29) is 17.6 Å². The normalized spacial score (nSPS) is 24.9. The minimum Gasteiger partial charge on any atom is -0.391 e. The van der Waals surface area contributed by atoms with E-state index in [0.717, 1.165) is 19.3 Å². The molecule has 1 aromatic carbocycles. The summed E-state index contributed by atoms with van der Waals surface area (Å²) in [6.07, 6.45) is 4.16. The fraction of sp³-hybridized carbons (Fsp3) is 0.625. The number of rotatable bonds is 2. The van der Waals surface area contributed by atoms with E-state index in [1.54, 1.807) is 0 Å². The summed E-state index contributed by atoms with van der Waals surface area (Å²) in [5, 5.41) is 13.6. The van der Waals surface area contributed by atoms with Crippen LogP contribution in [0.1, 0.15) is 52.0 Å². The number of aliphatic hydroxyl groups excluding tert-OH is 1. The largest absolute Gasteiger partial charge is 0.391 e. The quantitative estimate of drug-likeness (QED) is 0.835. The van der Waals surface area contributed by atoms with Crippen molar-refractivity contribution in [1.82, 2.24) is 0 Å². The molecule has 0 spiro atoms. The molecule has 0 heterocycles. The summed E-state index contributed by atoms with van der Waals surface area (Å²) in [5.41, 5.74) is 2.63. The minimum atomic E-state index is -0.202. The zero-order valence-corrected chi connectivity index (χ0v) is 11.7. The molecule has 0 aromatic heterocycles. The molecule has 2 heteroatoms. The van der Waals surface area contributed by atoms with Gasteiger partial charge in [-0.1, -0.05) is 51.8 Å². The molecule has 1 aliphatic carbocycles. The summed E-state index contributed by atoms with van der Waals surface area (Å²) in [7, 11) is 0. The van der Waals surface area contributed by atoms with E-state index in [2.05, 4.69) is 50.4 Å². The van der Waals surface area contributed by atoms with Crippen LogP contribution in [0, 0.1) is 0 Å². The van der Waals surface area contributed by atoms with Gasteiger partial charge < -0.3 is 10.4 Å². The second-order valence-corrected chi connectivity index (χ2v) is 6.40. The van der Waals surface area contributed by atoms with Gasteiger partial charge in [0.1, 0.15) is 0 Å². The summed E-state index contributed by atoms with van der Waals surface area (Å²) in [6, 6.07) is 8.66. The second kappa shape index (κ2) is 5.31. The van der Waals surface area contributed by atoms with Gasteiger partial charge in [-0.3, -0.25) is 0 Å². The Morgan fingerprint density at radius 2 is 1.78 bits per heavy atom. The van der Waals surface area contributed by atoms with Crippen molar-refractivity contribution in [3.63, 3.8) is 0 Å². The van der Waals surface area contributed by atoms with Crippen molar-refractivity contribution in [1.29, 1.82) is 0 Å². The molecule has 0 unspecified atom stereocenters. The molecule has 0 aliphatic heterocycles. The van der Waals surface area contributed by atoms with Gasteiger partial charge >= 0.3 is 0 Å². The maximum atomic E-state index is 10.1. The molecular weight excluding hydrogens is 222 g/mol. The molecule has 100 valence electrons. The molecule has 2 rings (SSSR count). The molecule has 1 fully saturated rings. The van der Waals surface area contributed by atoms with E-state index in [4.69, 9.17) is 0 Å². The first kappa shape index (κ1) is 13.4. The highest BCUT2D eigenvalue weighted by Gasteiger charge is 2.25. The van der Waals surface area contributed by atoms with Crippen molar-refractivity contribution in [2.24, 2.45) is 0 Å². The molecule has 1 aliphatic rings. The third-order valence-electron chi connectivity index (χ3n) is 3.81. The number of hydrogen-bond donors (Lipinski definition) is 2. The number of nitrogens with one attached hydrogen (secondary N) is 1. The van der Waals surface area contributed by atoms with Crippen LogP contribution in [-0.4, -0.2) is 17.3 Å². The SMILES string of the molecule is CC(C)(C)c1ccccc1N[C@@H]1CCCC[C@H]1O. The topological polar surface area (TPSA) is 32.3 Å². The molecule has 18 heavy (non-hydrogen) atoms. The van der Waals surface area contributed by atoms with E-state index < -0.39 is 0 Å². The van der Waals surface area contributed by atoms with Gasteiger partial charge in [0.15, 0.2) is 0 Å². The third kappa shape index (κ3) is 3.05. The fourth-order valence-electron chi connectivity index (χ4n) is 2.74. The summed E-state index contributed by atoms with van der Waals surface area (Å²) in [4.78, 5) is 0. The van der Waals surface area contributed by atoms with E-state index in [1.807, 2.05) is 0 Å². The second-order valence-electron chi connectivity index (χ2n) is 6.40. The molecule has 2 nitrogen and oxygen atoms in total. The lowest BCUT2D eigenvalue weighted by atomic mass is 9.85. The average Bonchev–Trinajstić information content (AvgIpc) is 2.31. The monoisotopic (exact) mass is 247 g/mol. The van der Waals surface area contributed by atoms with E-state index in [1.165, 1.54) is 17.7 Å². The molecule has 0 bridgehead atoms. The fourth-order valence-corrected chi connectivity index (χ4v) is 2.74. The van der Waals surface area contributed by atoms with Gasteiger partial charge in [0.05, 0.1) is 12.1 Å². The third-order valence-corrected chi connectivity index (χ3v) is 3.81. The Morgan fingerprint density at radius 3 is 2.44 bits per heavy atom. The molecule has 0 amide bonds. The molecule has 0 saturated heterocycles. The van der Waals surface area contributed by atoms with Crippen LogP contribution in [0.5, 0.6) is 0 Å². The number of anilines is 1. The first-order chi connectivity index (χ1) is 8.48. The molecule has 1 saturated carbocycles. The van der Waals surface area contributed by atoms with Crippen molar-refractivity contribution in [3.8, 4) is 0 Å². The van der Waals surface area contributed by atoms with Crippen LogP contribution in [0.15, 0.2) is 24.3 Å².